The van der Waals surface area contributed by atoms with Crippen molar-refractivity contribution in [3.63, 3.8) is 0 Å². The number of halogens is 2. The van der Waals surface area contributed by atoms with Gasteiger partial charge in [0.15, 0.2) is 0 Å². The minimum atomic E-state index is -0.420. The predicted octanol–water partition coefficient (Wildman–Crippen LogP) is 2.82. The Morgan fingerprint density at radius 2 is 1.87 bits per heavy atom. The van der Waals surface area contributed by atoms with Gasteiger partial charge in [-0.05, 0) is 31.9 Å². The summed E-state index contributed by atoms with van der Waals surface area (Å²) in [5.74, 6) is -0.866. The molecule has 15 heavy (non-hydrogen) atoms. The van der Waals surface area contributed by atoms with Crippen molar-refractivity contribution in [2.75, 3.05) is 6.54 Å². The monoisotopic (exact) mass is 211 g/mol. The lowest BCUT2D eigenvalue weighted by Gasteiger charge is -2.28. The molecule has 0 aliphatic carbocycles. The van der Waals surface area contributed by atoms with E-state index in [0.29, 0.717) is 12.6 Å². The molecular weight excluding hydrogens is 196 g/mol. The smallest absolute Gasteiger partial charge is 0.129 e. The highest BCUT2D eigenvalue weighted by Gasteiger charge is 2.24. The molecular formula is C12H15F2N. The Hall–Kier alpha value is -0.960. The normalized spacial score (nSPS) is 26.6. The first-order valence-electron chi connectivity index (χ1n) is 5.35. The Balaban J connectivity index is 2.22. The van der Waals surface area contributed by atoms with Crippen molar-refractivity contribution in [1.29, 1.82) is 0 Å². The first-order valence-corrected chi connectivity index (χ1v) is 5.35. The Bertz CT molecular complexity index is 323. The van der Waals surface area contributed by atoms with E-state index < -0.39 is 11.6 Å². The highest BCUT2D eigenvalue weighted by molar-refractivity contribution is 5.24. The second kappa shape index (κ2) is 4.27. The van der Waals surface area contributed by atoms with Crippen molar-refractivity contribution < 1.29 is 8.78 Å². The quantitative estimate of drug-likeness (QED) is 0.753. The standard InChI is InChI=1S/C12H15F2N/c1-8-5-6-9(7-15-8)12-10(13)3-2-4-11(12)14/h2-4,8-9,15H,5-7H2,1H3. The zero-order chi connectivity index (χ0) is 10.8. The first kappa shape index (κ1) is 10.6. The number of hydrogen-bond donors (Lipinski definition) is 1. The minimum Gasteiger partial charge on any atom is -0.314 e. The Morgan fingerprint density at radius 3 is 2.40 bits per heavy atom. The van der Waals surface area contributed by atoms with Crippen LogP contribution in [-0.2, 0) is 0 Å². The molecule has 1 fully saturated rings. The highest BCUT2D eigenvalue weighted by Crippen LogP contribution is 2.29. The molecule has 0 amide bonds. The third kappa shape index (κ3) is 2.17. The van der Waals surface area contributed by atoms with Crippen LogP contribution in [0.25, 0.3) is 0 Å². The summed E-state index contributed by atoms with van der Waals surface area (Å²) in [6, 6.07) is 4.52. The minimum absolute atomic E-state index is 0.0256. The number of piperidine rings is 1. The Labute approximate surface area is 88.5 Å². The molecule has 82 valence electrons. The second-order valence-electron chi connectivity index (χ2n) is 4.22. The van der Waals surface area contributed by atoms with Gasteiger partial charge in [-0.2, -0.15) is 0 Å². The fourth-order valence-electron chi connectivity index (χ4n) is 2.15. The second-order valence-corrected chi connectivity index (χ2v) is 4.22. The molecule has 0 saturated carbocycles. The number of benzene rings is 1. The van der Waals surface area contributed by atoms with E-state index in [2.05, 4.69) is 12.2 Å². The van der Waals surface area contributed by atoms with Crippen molar-refractivity contribution in [1.82, 2.24) is 5.32 Å². The maximum Gasteiger partial charge on any atom is 0.129 e. The number of nitrogens with one attached hydrogen (secondary N) is 1. The maximum atomic E-state index is 13.5. The summed E-state index contributed by atoms with van der Waals surface area (Å²) in [6.45, 7) is 2.76. The zero-order valence-corrected chi connectivity index (χ0v) is 8.76. The molecule has 1 aromatic carbocycles. The van der Waals surface area contributed by atoms with E-state index in [4.69, 9.17) is 0 Å². The van der Waals surface area contributed by atoms with Crippen LogP contribution in [0.4, 0.5) is 8.78 Å². The van der Waals surface area contributed by atoms with Gasteiger partial charge in [-0.1, -0.05) is 6.07 Å². The summed E-state index contributed by atoms with van der Waals surface area (Å²) in [5.41, 5.74) is 0.247. The molecule has 3 heteroatoms. The van der Waals surface area contributed by atoms with Crippen LogP contribution in [0.5, 0.6) is 0 Å². The summed E-state index contributed by atoms with van der Waals surface area (Å²) in [6.07, 6.45) is 1.82. The molecule has 1 saturated heterocycles. The van der Waals surface area contributed by atoms with Crippen molar-refractivity contribution in [3.05, 3.63) is 35.4 Å². The van der Waals surface area contributed by atoms with E-state index >= 15 is 0 Å². The fraction of sp³-hybridized carbons (Fsp3) is 0.500. The zero-order valence-electron chi connectivity index (χ0n) is 8.76. The van der Waals surface area contributed by atoms with Crippen molar-refractivity contribution in [3.8, 4) is 0 Å². The molecule has 0 bridgehead atoms. The van der Waals surface area contributed by atoms with E-state index in [0.717, 1.165) is 12.8 Å². The highest BCUT2D eigenvalue weighted by atomic mass is 19.1. The van der Waals surface area contributed by atoms with E-state index in [1.165, 1.54) is 18.2 Å². The topological polar surface area (TPSA) is 12.0 Å². The lowest BCUT2D eigenvalue weighted by molar-refractivity contribution is 0.369. The summed E-state index contributed by atoms with van der Waals surface area (Å²) in [7, 11) is 0. The van der Waals surface area contributed by atoms with Crippen LogP contribution in [0, 0.1) is 11.6 Å². The fourth-order valence-corrected chi connectivity index (χ4v) is 2.15. The van der Waals surface area contributed by atoms with Crippen LogP contribution in [-0.4, -0.2) is 12.6 Å². The average Bonchev–Trinajstić information content (AvgIpc) is 2.20. The van der Waals surface area contributed by atoms with Crippen LogP contribution in [0.1, 0.15) is 31.2 Å². The van der Waals surface area contributed by atoms with E-state index in [1.807, 2.05) is 0 Å². The summed E-state index contributed by atoms with van der Waals surface area (Å²) >= 11 is 0. The van der Waals surface area contributed by atoms with Crippen molar-refractivity contribution >= 4 is 0 Å². The Kier molecular flexibility index (Phi) is 3.00. The molecule has 2 unspecified atom stereocenters. The Morgan fingerprint density at radius 1 is 1.20 bits per heavy atom. The number of hydrogen-bond acceptors (Lipinski definition) is 1. The van der Waals surface area contributed by atoms with Gasteiger partial charge in [0.05, 0.1) is 0 Å². The molecule has 0 aromatic heterocycles. The molecule has 1 aliphatic rings. The lowest BCUT2D eigenvalue weighted by atomic mass is 9.88. The molecule has 1 nitrogen and oxygen atoms in total. The lowest BCUT2D eigenvalue weighted by Crippen LogP contribution is -2.36. The van der Waals surface area contributed by atoms with Gasteiger partial charge < -0.3 is 5.32 Å². The SMILES string of the molecule is CC1CCC(c2c(F)cccc2F)CN1. The number of rotatable bonds is 1. The van der Waals surface area contributed by atoms with Gasteiger partial charge >= 0.3 is 0 Å². The van der Waals surface area contributed by atoms with Crippen LogP contribution in [0.2, 0.25) is 0 Å². The van der Waals surface area contributed by atoms with Gasteiger partial charge in [0.25, 0.3) is 0 Å². The summed E-state index contributed by atoms with van der Waals surface area (Å²) < 4.78 is 26.9. The van der Waals surface area contributed by atoms with Gasteiger partial charge in [0.2, 0.25) is 0 Å². The maximum absolute atomic E-state index is 13.5. The molecule has 0 spiro atoms. The van der Waals surface area contributed by atoms with E-state index in [1.54, 1.807) is 0 Å². The summed E-state index contributed by atoms with van der Waals surface area (Å²) in [4.78, 5) is 0. The molecule has 2 atom stereocenters. The molecule has 0 radical (unpaired) electrons. The molecule has 1 aromatic rings. The largest absolute Gasteiger partial charge is 0.314 e. The van der Waals surface area contributed by atoms with Crippen molar-refractivity contribution in [2.24, 2.45) is 0 Å². The van der Waals surface area contributed by atoms with Gasteiger partial charge in [-0.15, -0.1) is 0 Å². The average molecular weight is 211 g/mol. The van der Waals surface area contributed by atoms with Crippen LogP contribution >= 0.6 is 0 Å². The van der Waals surface area contributed by atoms with Crippen molar-refractivity contribution in [2.45, 2.75) is 31.7 Å². The third-order valence-electron chi connectivity index (χ3n) is 3.07. The van der Waals surface area contributed by atoms with E-state index in [-0.39, 0.29) is 11.5 Å². The molecule has 1 aliphatic heterocycles. The third-order valence-corrected chi connectivity index (χ3v) is 3.07. The van der Waals surface area contributed by atoms with Gasteiger partial charge in [0.1, 0.15) is 11.6 Å². The first-order chi connectivity index (χ1) is 7.18. The molecule has 1 N–H and O–H groups in total. The van der Waals surface area contributed by atoms with Gasteiger partial charge in [0, 0.05) is 24.1 Å². The van der Waals surface area contributed by atoms with Crippen LogP contribution in [0.3, 0.4) is 0 Å². The molecule has 1 heterocycles. The van der Waals surface area contributed by atoms with E-state index in [9.17, 15) is 8.78 Å². The predicted molar refractivity (Wildman–Crippen MR) is 55.8 cm³/mol. The van der Waals surface area contributed by atoms with Gasteiger partial charge in [-0.25, -0.2) is 8.78 Å². The summed E-state index contributed by atoms with van der Waals surface area (Å²) in [5, 5.41) is 3.25. The van der Waals surface area contributed by atoms with Crippen LogP contribution in [0.15, 0.2) is 18.2 Å². The van der Waals surface area contributed by atoms with Gasteiger partial charge in [-0.3, -0.25) is 0 Å². The van der Waals surface area contributed by atoms with Crippen LogP contribution < -0.4 is 5.32 Å². The molecule has 2 rings (SSSR count).